The van der Waals surface area contributed by atoms with Gasteiger partial charge in [-0.25, -0.2) is 4.99 Å². The van der Waals surface area contributed by atoms with E-state index in [1.165, 1.54) is 0 Å². The van der Waals surface area contributed by atoms with Crippen LogP contribution >= 0.6 is 24.0 Å². The molecule has 1 fully saturated rings. The first-order valence-corrected chi connectivity index (χ1v) is 8.75. The van der Waals surface area contributed by atoms with Gasteiger partial charge >= 0.3 is 0 Å². The summed E-state index contributed by atoms with van der Waals surface area (Å²) >= 11 is 0. The van der Waals surface area contributed by atoms with Crippen LogP contribution in [-0.2, 0) is 11.3 Å². The van der Waals surface area contributed by atoms with E-state index in [0.717, 1.165) is 49.4 Å². The molecule has 1 saturated carbocycles. The van der Waals surface area contributed by atoms with Gasteiger partial charge in [0, 0.05) is 24.7 Å². The number of halogens is 1. The smallest absolute Gasteiger partial charge is 0.227 e. The summed E-state index contributed by atoms with van der Waals surface area (Å²) in [5.41, 5.74) is 1.92. The number of guanidine groups is 1. The topological polar surface area (TPSA) is 65.5 Å². The number of aliphatic imine (C=N–C) groups is 1. The van der Waals surface area contributed by atoms with Crippen molar-refractivity contribution in [3.8, 4) is 0 Å². The van der Waals surface area contributed by atoms with E-state index in [-0.39, 0.29) is 35.8 Å². The minimum Gasteiger partial charge on any atom is -0.357 e. The van der Waals surface area contributed by atoms with Gasteiger partial charge in [-0.2, -0.15) is 0 Å². The second kappa shape index (κ2) is 11.9. The summed E-state index contributed by atoms with van der Waals surface area (Å²) < 4.78 is 0. The number of hydrogen-bond donors (Lipinski definition) is 3. The molecule has 6 heteroatoms. The summed E-state index contributed by atoms with van der Waals surface area (Å²) in [5.74, 6) is 1.09. The van der Waals surface area contributed by atoms with Gasteiger partial charge in [-0.1, -0.05) is 31.1 Å². The zero-order valence-electron chi connectivity index (χ0n) is 14.9. The largest absolute Gasteiger partial charge is 0.357 e. The molecule has 0 aliphatic heterocycles. The van der Waals surface area contributed by atoms with Crippen LogP contribution in [0.1, 0.15) is 38.2 Å². The van der Waals surface area contributed by atoms with Crippen LogP contribution in [0.2, 0.25) is 0 Å². The molecule has 1 aromatic rings. The third kappa shape index (κ3) is 7.46. The first-order chi connectivity index (χ1) is 11.7. The molecule has 1 aromatic carbocycles. The Hall–Kier alpha value is -1.57. The highest BCUT2D eigenvalue weighted by atomic mass is 127. The molecule has 1 aliphatic rings. The monoisotopic (exact) mass is 456 g/mol. The summed E-state index contributed by atoms with van der Waals surface area (Å²) in [6.07, 6.45) is 6.15. The number of carbonyl (C=O) groups is 1. The van der Waals surface area contributed by atoms with Crippen LogP contribution in [-0.4, -0.2) is 25.0 Å². The van der Waals surface area contributed by atoms with E-state index in [1.54, 1.807) is 6.08 Å². The molecule has 1 aliphatic carbocycles. The van der Waals surface area contributed by atoms with Crippen molar-refractivity contribution >= 4 is 41.5 Å². The first kappa shape index (κ1) is 21.5. The highest BCUT2D eigenvalue weighted by molar-refractivity contribution is 14.0. The van der Waals surface area contributed by atoms with Crippen molar-refractivity contribution in [3.63, 3.8) is 0 Å². The lowest BCUT2D eigenvalue weighted by molar-refractivity contribution is -0.119. The van der Waals surface area contributed by atoms with Crippen LogP contribution in [0.3, 0.4) is 0 Å². The molecule has 1 amide bonds. The van der Waals surface area contributed by atoms with Crippen molar-refractivity contribution in [1.29, 1.82) is 0 Å². The van der Waals surface area contributed by atoms with Gasteiger partial charge in [0.1, 0.15) is 0 Å². The molecular weight excluding hydrogens is 427 g/mol. The lowest BCUT2D eigenvalue weighted by Crippen LogP contribution is -2.37. The number of nitrogens with one attached hydrogen (secondary N) is 3. The molecule has 0 atom stereocenters. The predicted octanol–water partition coefficient (Wildman–Crippen LogP) is 3.67. The van der Waals surface area contributed by atoms with Crippen molar-refractivity contribution < 1.29 is 4.79 Å². The Balaban J connectivity index is 0.00000312. The summed E-state index contributed by atoms with van der Waals surface area (Å²) in [6.45, 7) is 7.76. The summed E-state index contributed by atoms with van der Waals surface area (Å²) in [5, 5.41) is 9.41. The van der Waals surface area contributed by atoms with Gasteiger partial charge in [0.15, 0.2) is 5.96 Å². The van der Waals surface area contributed by atoms with Crippen molar-refractivity contribution in [3.05, 3.63) is 42.5 Å². The lowest BCUT2D eigenvalue weighted by atomic mass is 10.1. The fourth-order valence-electron chi connectivity index (χ4n) is 2.86. The van der Waals surface area contributed by atoms with Crippen molar-refractivity contribution in [2.45, 2.75) is 39.2 Å². The molecule has 25 heavy (non-hydrogen) atoms. The first-order valence-electron chi connectivity index (χ1n) is 8.75. The number of nitrogens with zero attached hydrogens (tertiary/aromatic N) is 1. The maximum Gasteiger partial charge on any atom is 0.227 e. The number of amides is 1. The van der Waals surface area contributed by atoms with Crippen LogP contribution in [0.5, 0.6) is 0 Å². The van der Waals surface area contributed by atoms with Gasteiger partial charge in [0.05, 0.1) is 6.54 Å². The van der Waals surface area contributed by atoms with Crippen LogP contribution in [0.4, 0.5) is 5.69 Å². The average molecular weight is 456 g/mol. The second-order valence-electron chi connectivity index (χ2n) is 6.04. The quantitative estimate of drug-likeness (QED) is 0.254. The fourth-order valence-corrected chi connectivity index (χ4v) is 2.86. The SMILES string of the molecule is C=CCNC(=NCc1cccc(NC(=O)C2CCCC2)c1)NCC.I. The third-order valence-corrected chi connectivity index (χ3v) is 4.10. The minimum absolute atomic E-state index is 0. The maximum absolute atomic E-state index is 12.2. The molecule has 5 nitrogen and oxygen atoms in total. The number of rotatable bonds is 7. The highest BCUT2D eigenvalue weighted by Crippen LogP contribution is 2.26. The molecule has 0 bridgehead atoms. The molecule has 0 aromatic heterocycles. The standard InChI is InChI=1S/C19H28N4O.HI/c1-3-12-21-19(20-4-2)22-14-15-8-7-11-17(13-15)23-18(24)16-9-5-6-10-16;/h3,7-8,11,13,16H,1,4-6,9-10,12,14H2,2H3,(H,23,24)(H2,20,21,22);1H. The lowest BCUT2D eigenvalue weighted by Gasteiger charge is -2.12. The minimum atomic E-state index is 0. The van der Waals surface area contributed by atoms with E-state index >= 15 is 0 Å². The Labute approximate surface area is 167 Å². The molecule has 138 valence electrons. The molecule has 0 saturated heterocycles. The zero-order chi connectivity index (χ0) is 17.2. The summed E-state index contributed by atoms with van der Waals surface area (Å²) in [6, 6.07) is 7.90. The van der Waals surface area contributed by atoms with E-state index in [2.05, 4.69) is 27.5 Å². The predicted molar refractivity (Wildman–Crippen MR) is 115 cm³/mol. The summed E-state index contributed by atoms with van der Waals surface area (Å²) in [7, 11) is 0. The van der Waals surface area contributed by atoms with Crippen molar-refractivity contribution in [2.75, 3.05) is 18.4 Å². The second-order valence-corrected chi connectivity index (χ2v) is 6.04. The Morgan fingerprint density at radius 2 is 2.08 bits per heavy atom. The van der Waals surface area contributed by atoms with Crippen LogP contribution in [0.15, 0.2) is 41.9 Å². The van der Waals surface area contributed by atoms with Crippen molar-refractivity contribution in [2.24, 2.45) is 10.9 Å². The van der Waals surface area contributed by atoms with Crippen LogP contribution < -0.4 is 16.0 Å². The molecule has 3 N–H and O–H groups in total. The third-order valence-electron chi connectivity index (χ3n) is 4.10. The number of hydrogen-bond acceptors (Lipinski definition) is 2. The molecule has 0 heterocycles. The van der Waals surface area contributed by atoms with E-state index < -0.39 is 0 Å². The molecular formula is C19H29IN4O. The van der Waals surface area contributed by atoms with Gasteiger partial charge in [0.25, 0.3) is 0 Å². The Morgan fingerprint density at radius 3 is 2.76 bits per heavy atom. The highest BCUT2D eigenvalue weighted by Gasteiger charge is 2.22. The van der Waals surface area contributed by atoms with Gasteiger partial charge in [0.2, 0.25) is 5.91 Å². The van der Waals surface area contributed by atoms with Gasteiger partial charge < -0.3 is 16.0 Å². The van der Waals surface area contributed by atoms with Crippen LogP contribution in [0.25, 0.3) is 0 Å². The van der Waals surface area contributed by atoms with E-state index in [1.807, 2.05) is 31.2 Å². The van der Waals surface area contributed by atoms with Crippen molar-refractivity contribution in [1.82, 2.24) is 10.6 Å². The van der Waals surface area contributed by atoms with Gasteiger partial charge in [-0.05, 0) is 37.5 Å². The van der Waals surface area contributed by atoms with Gasteiger partial charge in [-0.3, -0.25) is 4.79 Å². The maximum atomic E-state index is 12.2. The van der Waals surface area contributed by atoms with E-state index in [4.69, 9.17) is 0 Å². The fraction of sp³-hybridized carbons (Fsp3) is 0.474. The molecule has 0 unspecified atom stereocenters. The molecule has 0 spiro atoms. The number of anilines is 1. The zero-order valence-corrected chi connectivity index (χ0v) is 17.2. The average Bonchev–Trinajstić information content (AvgIpc) is 3.12. The van der Waals surface area contributed by atoms with Gasteiger partial charge in [-0.15, -0.1) is 30.6 Å². The van der Waals surface area contributed by atoms with E-state index in [9.17, 15) is 4.79 Å². The van der Waals surface area contributed by atoms with Crippen LogP contribution in [0, 0.1) is 5.92 Å². The number of carbonyl (C=O) groups excluding carboxylic acids is 1. The number of benzene rings is 1. The van der Waals surface area contributed by atoms with E-state index in [0.29, 0.717) is 13.1 Å². The Kier molecular flexibility index (Phi) is 10.2. The normalized spacial score (nSPS) is 14.5. The molecule has 0 radical (unpaired) electrons. The Bertz CT molecular complexity index is 583. The Morgan fingerprint density at radius 1 is 1.32 bits per heavy atom. The molecule has 2 rings (SSSR count). The summed E-state index contributed by atoms with van der Waals surface area (Å²) in [4.78, 5) is 16.8.